The van der Waals surface area contributed by atoms with Crippen LogP contribution in [0.5, 0.6) is 0 Å². The van der Waals surface area contributed by atoms with Gasteiger partial charge in [0.25, 0.3) is 0 Å². The number of methoxy groups -OCH3 is 1. The van der Waals surface area contributed by atoms with Crippen molar-refractivity contribution in [3.05, 3.63) is 0 Å². The van der Waals surface area contributed by atoms with Crippen molar-refractivity contribution in [3.8, 4) is 0 Å². The third-order valence-electron chi connectivity index (χ3n) is 2.81. The molecule has 0 amide bonds. The summed E-state index contributed by atoms with van der Waals surface area (Å²) in [6, 6.07) is -0.194. The number of nitrogens with zero attached hydrogens (tertiary/aromatic N) is 1. The number of carbonyl (C=O) groups excluding carboxylic acids is 1. The van der Waals surface area contributed by atoms with Gasteiger partial charge in [-0.15, -0.1) is 0 Å². The monoisotopic (exact) mass is 230 g/mol. The van der Waals surface area contributed by atoms with E-state index in [2.05, 4.69) is 24.1 Å². The molecule has 0 aromatic carbocycles. The van der Waals surface area contributed by atoms with Crippen LogP contribution in [0, 0.1) is 5.92 Å². The largest absolute Gasteiger partial charge is 0.468 e. The van der Waals surface area contributed by atoms with Crippen LogP contribution in [0.1, 0.15) is 27.7 Å². The average Bonchev–Trinajstić information content (AvgIpc) is 2.28. The Balaban J connectivity index is 3.98. The maximum Gasteiger partial charge on any atom is 0.323 e. The van der Waals surface area contributed by atoms with Gasteiger partial charge in [-0.05, 0) is 19.0 Å². The minimum absolute atomic E-state index is 0.172. The summed E-state index contributed by atoms with van der Waals surface area (Å²) in [6.07, 6.45) is 0. The van der Waals surface area contributed by atoms with E-state index in [1.54, 1.807) is 0 Å². The molecule has 0 aliphatic heterocycles. The number of carbonyl (C=O) groups is 1. The fourth-order valence-electron chi connectivity index (χ4n) is 1.64. The Hall–Kier alpha value is -0.610. The quantitative estimate of drug-likeness (QED) is 0.634. The first kappa shape index (κ1) is 15.4. The maximum atomic E-state index is 11.5. The van der Waals surface area contributed by atoms with Crippen molar-refractivity contribution in [1.29, 1.82) is 0 Å². The number of hydrogen-bond donors (Lipinski definition) is 1. The normalized spacial score (nSPS) is 13.2. The Morgan fingerprint density at radius 2 is 1.88 bits per heavy atom. The van der Waals surface area contributed by atoms with Crippen LogP contribution in [-0.2, 0) is 9.53 Å². The van der Waals surface area contributed by atoms with Crippen LogP contribution in [0.25, 0.3) is 0 Å². The molecule has 1 N–H and O–H groups in total. The number of ether oxygens (including phenoxy) is 1. The molecule has 0 fully saturated rings. The van der Waals surface area contributed by atoms with Crippen LogP contribution >= 0.6 is 0 Å². The van der Waals surface area contributed by atoms with Gasteiger partial charge < -0.3 is 15.0 Å². The van der Waals surface area contributed by atoms with E-state index in [4.69, 9.17) is 4.74 Å². The smallest absolute Gasteiger partial charge is 0.323 e. The molecule has 0 spiro atoms. The summed E-state index contributed by atoms with van der Waals surface area (Å²) in [5, 5.41) is 3.25. The van der Waals surface area contributed by atoms with E-state index in [1.165, 1.54) is 7.11 Å². The van der Waals surface area contributed by atoms with E-state index >= 15 is 0 Å². The lowest BCUT2D eigenvalue weighted by Crippen LogP contribution is -2.45. The Labute approximate surface area is 99.3 Å². The molecule has 4 nitrogen and oxygen atoms in total. The van der Waals surface area contributed by atoms with Gasteiger partial charge in [0.15, 0.2) is 0 Å². The zero-order valence-electron chi connectivity index (χ0n) is 11.2. The van der Waals surface area contributed by atoms with Gasteiger partial charge in [0.1, 0.15) is 6.04 Å². The SMILES string of the molecule is CCN(CC)CCNC(C(=O)OC)C(C)C. The number of esters is 1. The third kappa shape index (κ3) is 5.47. The summed E-state index contributed by atoms with van der Waals surface area (Å²) in [7, 11) is 1.43. The second-order valence-electron chi connectivity index (χ2n) is 4.23. The van der Waals surface area contributed by atoms with E-state index in [1.807, 2.05) is 13.8 Å². The molecular formula is C12H26N2O2. The second-order valence-corrected chi connectivity index (χ2v) is 4.23. The fourth-order valence-corrected chi connectivity index (χ4v) is 1.64. The highest BCUT2D eigenvalue weighted by atomic mass is 16.5. The van der Waals surface area contributed by atoms with E-state index in [-0.39, 0.29) is 17.9 Å². The average molecular weight is 230 g/mol. The molecular weight excluding hydrogens is 204 g/mol. The predicted molar refractivity (Wildman–Crippen MR) is 66.4 cm³/mol. The summed E-state index contributed by atoms with van der Waals surface area (Å²) in [4.78, 5) is 13.8. The first-order chi connectivity index (χ1) is 7.56. The minimum Gasteiger partial charge on any atom is -0.468 e. The zero-order chi connectivity index (χ0) is 12.6. The van der Waals surface area contributed by atoms with Gasteiger partial charge in [-0.25, -0.2) is 0 Å². The van der Waals surface area contributed by atoms with Crippen LogP contribution < -0.4 is 5.32 Å². The lowest BCUT2D eigenvalue weighted by atomic mass is 10.0. The molecule has 0 aliphatic carbocycles. The molecule has 0 radical (unpaired) electrons. The van der Waals surface area contributed by atoms with E-state index < -0.39 is 0 Å². The summed E-state index contributed by atoms with van der Waals surface area (Å²) in [6.45, 7) is 12.2. The standard InChI is InChI=1S/C12H26N2O2/c1-6-14(7-2)9-8-13-11(10(3)4)12(15)16-5/h10-11,13H,6-9H2,1-5H3. The lowest BCUT2D eigenvalue weighted by Gasteiger charge is -2.23. The van der Waals surface area contributed by atoms with Crippen molar-refractivity contribution < 1.29 is 9.53 Å². The summed E-state index contributed by atoms with van der Waals surface area (Å²) >= 11 is 0. The van der Waals surface area contributed by atoms with Gasteiger partial charge in [-0.2, -0.15) is 0 Å². The Morgan fingerprint density at radius 1 is 1.31 bits per heavy atom. The van der Waals surface area contributed by atoms with Gasteiger partial charge >= 0.3 is 5.97 Å². The first-order valence-corrected chi connectivity index (χ1v) is 6.10. The summed E-state index contributed by atoms with van der Waals surface area (Å²) < 4.78 is 4.77. The van der Waals surface area contributed by atoms with Gasteiger partial charge in [0, 0.05) is 13.1 Å². The van der Waals surface area contributed by atoms with E-state index in [0.717, 1.165) is 26.2 Å². The van der Waals surface area contributed by atoms with Crippen LogP contribution in [-0.4, -0.2) is 50.2 Å². The number of likely N-dealkylation sites (N-methyl/N-ethyl adjacent to an activating group) is 1. The highest BCUT2D eigenvalue weighted by Gasteiger charge is 2.21. The Kier molecular flexibility index (Phi) is 8.21. The van der Waals surface area contributed by atoms with Gasteiger partial charge in [0.05, 0.1) is 7.11 Å². The molecule has 0 heterocycles. The molecule has 0 bridgehead atoms. The van der Waals surface area contributed by atoms with Crippen molar-refractivity contribution in [1.82, 2.24) is 10.2 Å². The maximum absolute atomic E-state index is 11.5. The Bertz CT molecular complexity index is 191. The molecule has 0 rings (SSSR count). The molecule has 96 valence electrons. The van der Waals surface area contributed by atoms with Crippen molar-refractivity contribution in [3.63, 3.8) is 0 Å². The van der Waals surface area contributed by atoms with Crippen molar-refractivity contribution in [2.45, 2.75) is 33.7 Å². The number of hydrogen-bond acceptors (Lipinski definition) is 4. The second kappa shape index (κ2) is 8.53. The highest BCUT2D eigenvalue weighted by molar-refractivity contribution is 5.75. The van der Waals surface area contributed by atoms with Crippen LogP contribution in [0.2, 0.25) is 0 Å². The van der Waals surface area contributed by atoms with E-state index in [9.17, 15) is 4.79 Å². The predicted octanol–water partition coefficient (Wildman–Crippen LogP) is 1.12. The van der Waals surface area contributed by atoms with Crippen LogP contribution in [0.4, 0.5) is 0 Å². The van der Waals surface area contributed by atoms with Crippen molar-refractivity contribution in [2.75, 3.05) is 33.3 Å². The van der Waals surface area contributed by atoms with Crippen LogP contribution in [0.15, 0.2) is 0 Å². The molecule has 1 atom stereocenters. The minimum atomic E-state index is -0.194. The molecule has 0 aliphatic rings. The van der Waals surface area contributed by atoms with Gasteiger partial charge in [0.2, 0.25) is 0 Å². The molecule has 0 aromatic heterocycles. The topological polar surface area (TPSA) is 41.6 Å². The lowest BCUT2D eigenvalue weighted by molar-refractivity contribution is -0.144. The molecule has 4 heteroatoms. The summed E-state index contributed by atoms with van der Waals surface area (Å²) in [5.41, 5.74) is 0. The van der Waals surface area contributed by atoms with Crippen LogP contribution in [0.3, 0.4) is 0 Å². The van der Waals surface area contributed by atoms with Crippen molar-refractivity contribution in [2.24, 2.45) is 5.92 Å². The molecule has 0 aromatic rings. The molecule has 1 unspecified atom stereocenters. The van der Waals surface area contributed by atoms with Gasteiger partial charge in [-0.3, -0.25) is 4.79 Å². The van der Waals surface area contributed by atoms with E-state index in [0.29, 0.717) is 0 Å². The molecule has 0 saturated heterocycles. The molecule has 16 heavy (non-hydrogen) atoms. The Morgan fingerprint density at radius 3 is 2.25 bits per heavy atom. The summed E-state index contributed by atoms with van der Waals surface area (Å²) in [5.74, 6) is 0.0821. The van der Waals surface area contributed by atoms with Crippen molar-refractivity contribution >= 4 is 5.97 Å². The third-order valence-corrected chi connectivity index (χ3v) is 2.81. The first-order valence-electron chi connectivity index (χ1n) is 6.10. The number of nitrogens with one attached hydrogen (secondary N) is 1. The molecule has 0 saturated carbocycles. The number of rotatable bonds is 8. The highest BCUT2D eigenvalue weighted by Crippen LogP contribution is 2.03. The fraction of sp³-hybridized carbons (Fsp3) is 0.917. The van der Waals surface area contributed by atoms with Gasteiger partial charge in [-0.1, -0.05) is 27.7 Å². The zero-order valence-corrected chi connectivity index (χ0v) is 11.2.